The summed E-state index contributed by atoms with van der Waals surface area (Å²) >= 11 is 0. The monoisotopic (exact) mass is 432 g/mol. The Balaban J connectivity index is 1.56. The highest BCUT2D eigenvalue weighted by Gasteiger charge is 2.44. The van der Waals surface area contributed by atoms with E-state index in [1.165, 1.54) is 30.5 Å². The molecule has 2 aromatic rings. The largest absolute Gasteiger partial charge is 0.497 e. The smallest absolute Gasteiger partial charge is 0.271 e. The van der Waals surface area contributed by atoms with E-state index in [2.05, 4.69) is 10.5 Å². The molecule has 0 saturated carbocycles. The minimum absolute atomic E-state index is 0.252. The highest BCUT2D eigenvalue weighted by atomic mass is 16.7. The van der Waals surface area contributed by atoms with Crippen LogP contribution in [0.1, 0.15) is 15.9 Å². The number of benzene rings is 2. The average Bonchev–Trinajstić information content (AvgIpc) is 2.80. The number of ether oxygens (including phenoxy) is 3. The van der Waals surface area contributed by atoms with E-state index in [0.717, 1.165) is 5.56 Å². The van der Waals surface area contributed by atoms with Gasteiger partial charge in [0.2, 0.25) is 6.29 Å². The SMILES string of the molecule is COc1ccc(/C=N/NC(=O)c2ccc(O[C@@H]3O[C@H](CO)[C@H](O)[C@H](O)[C@H]3O)cc2)cc1. The van der Waals surface area contributed by atoms with Crippen LogP contribution in [0.15, 0.2) is 53.6 Å². The summed E-state index contributed by atoms with van der Waals surface area (Å²) in [4.78, 5) is 12.2. The van der Waals surface area contributed by atoms with Crippen LogP contribution in [0.25, 0.3) is 0 Å². The van der Waals surface area contributed by atoms with Crippen LogP contribution < -0.4 is 14.9 Å². The molecule has 1 aliphatic heterocycles. The number of hydrogen-bond donors (Lipinski definition) is 5. The van der Waals surface area contributed by atoms with Gasteiger partial charge in [-0.25, -0.2) is 5.43 Å². The Morgan fingerprint density at radius 1 is 1.03 bits per heavy atom. The van der Waals surface area contributed by atoms with E-state index < -0.39 is 43.2 Å². The topological polar surface area (TPSA) is 150 Å². The van der Waals surface area contributed by atoms with Crippen molar-refractivity contribution < 1.29 is 39.4 Å². The maximum atomic E-state index is 12.2. The zero-order chi connectivity index (χ0) is 22.4. The normalized spacial score (nSPS) is 25.9. The highest BCUT2D eigenvalue weighted by molar-refractivity contribution is 5.95. The Hall–Kier alpha value is -3.02. The molecule has 5 N–H and O–H groups in total. The number of amides is 1. The van der Waals surface area contributed by atoms with Crippen LogP contribution in [-0.4, -0.2) is 77.0 Å². The molecule has 5 atom stereocenters. The van der Waals surface area contributed by atoms with Crippen LogP contribution in [0.4, 0.5) is 0 Å². The molecule has 31 heavy (non-hydrogen) atoms. The van der Waals surface area contributed by atoms with Crippen molar-refractivity contribution in [3.63, 3.8) is 0 Å². The zero-order valence-electron chi connectivity index (χ0n) is 16.7. The van der Waals surface area contributed by atoms with Gasteiger partial charge in [-0.05, 0) is 54.1 Å². The molecule has 2 aromatic carbocycles. The number of rotatable bonds is 7. The van der Waals surface area contributed by atoms with Gasteiger partial charge in [-0.2, -0.15) is 5.10 Å². The third-order valence-electron chi connectivity index (χ3n) is 4.71. The predicted molar refractivity (Wildman–Crippen MR) is 109 cm³/mol. The van der Waals surface area contributed by atoms with Crippen LogP contribution in [0.2, 0.25) is 0 Å². The molecule has 0 aliphatic carbocycles. The summed E-state index contributed by atoms with van der Waals surface area (Å²) in [7, 11) is 1.57. The first-order chi connectivity index (χ1) is 14.9. The Morgan fingerprint density at radius 2 is 1.68 bits per heavy atom. The lowest BCUT2D eigenvalue weighted by atomic mass is 9.99. The van der Waals surface area contributed by atoms with Crippen molar-refractivity contribution in [3.05, 3.63) is 59.7 Å². The van der Waals surface area contributed by atoms with E-state index in [4.69, 9.17) is 14.2 Å². The molecule has 1 aliphatic rings. The molecule has 0 radical (unpaired) electrons. The standard InChI is InChI=1S/C21H24N2O8/c1-29-14-6-2-12(3-7-14)10-22-23-20(28)13-4-8-15(9-5-13)30-21-19(27)18(26)17(25)16(11-24)31-21/h2-10,16-19,21,24-27H,11H2,1H3,(H,23,28)/b22-10+/t16-,17+,18+,19-,21-/m1/s1. The quantitative estimate of drug-likeness (QED) is 0.294. The molecular weight excluding hydrogens is 408 g/mol. The molecule has 1 saturated heterocycles. The van der Waals surface area contributed by atoms with Gasteiger partial charge < -0.3 is 34.6 Å². The van der Waals surface area contributed by atoms with Crippen molar-refractivity contribution >= 4 is 12.1 Å². The number of carbonyl (C=O) groups is 1. The van der Waals surface area contributed by atoms with Gasteiger partial charge in [-0.15, -0.1) is 0 Å². The third kappa shape index (κ3) is 5.57. The lowest BCUT2D eigenvalue weighted by Gasteiger charge is -2.39. The number of aliphatic hydroxyl groups is 4. The minimum atomic E-state index is -1.54. The molecule has 10 nitrogen and oxygen atoms in total. The first-order valence-corrected chi connectivity index (χ1v) is 9.47. The summed E-state index contributed by atoms with van der Waals surface area (Å²) in [6.07, 6.45) is -5.41. The van der Waals surface area contributed by atoms with Crippen LogP contribution >= 0.6 is 0 Å². The average molecular weight is 432 g/mol. The number of carbonyl (C=O) groups excluding carboxylic acids is 1. The van der Waals surface area contributed by atoms with Gasteiger partial charge in [-0.3, -0.25) is 4.79 Å². The van der Waals surface area contributed by atoms with Crippen LogP contribution in [0.5, 0.6) is 11.5 Å². The number of methoxy groups -OCH3 is 1. The summed E-state index contributed by atoms with van der Waals surface area (Å²) in [5, 5.41) is 42.7. The lowest BCUT2D eigenvalue weighted by Crippen LogP contribution is -2.60. The van der Waals surface area contributed by atoms with Crippen molar-refractivity contribution in [2.45, 2.75) is 30.7 Å². The van der Waals surface area contributed by atoms with Gasteiger partial charge in [0.15, 0.2) is 0 Å². The second-order valence-electron chi connectivity index (χ2n) is 6.81. The molecule has 3 rings (SSSR count). The maximum Gasteiger partial charge on any atom is 0.271 e. The van der Waals surface area contributed by atoms with Crippen molar-refractivity contribution in [1.82, 2.24) is 5.43 Å². The van der Waals surface area contributed by atoms with Gasteiger partial charge in [0, 0.05) is 5.56 Å². The van der Waals surface area contributed by atoms with Crippen molar-refractivity contribution in [2.75, 3.05) is 13.7 Å². The molecule has 166 valence electrons. The van der Waals surface area contributed by atoms with Gasteiger partial charge in [-0.1, -0.05) is 0 Å². The fraction of sp³-hybridized carbons (Fsp3) is 0.333. The van der Waals surface area contributed by atoms with E-state index in [1.54, 1.807) is 31.4 Å². The third-order valence-corrected chi connectivity index (χ3v) is 4.71. The summed E-state index contributed by atoms with van der Waals surface area (Å²) in [6.45, 7) is -0.555. The lowest BCUT2D eigenvalue weighted by molar-refractivity contribution is -0.277. The Bertz CT molecular complexity index is 885. The minimum Gasteiger partial charge on any atom is -0.497 e. The fourth-order valence-corrected chi connectivity index (χ4v) is 2.90. The van der Waals surface area contributed by atoms with Crippen LogP contribution in [-0.2, 0) is 4.74 Å². The van der Waals surface area contributed by atoms with Crippen molar-refractivity contribution in [2.24, 2.45) is 5.10 Å². The Kier molecular flexibility index (Phi) is 7.55. The maximum absolute atomic E-state index is 12.2. The Morgan fingerprint density at radius 3 is 2.29 bits per heavy atom. The zero-order valence-corrected chi connectivity index (χ0v) is 16.7. The molecular formula is C21H24N2O8. The first kappa shape index (κ1) is 22.7. The van der Waals surface area contributed by atoms with Crippen molar-refractivity contribution in [1.29, 1.82) is 0 Å². The molecule has 1 fully saturated rings. The summed E-state index contributed by atoms with van der Waals surface area (Å²) in [5.74, 6) is 0.527. The molecule has 1 amide bonds. The van der Waals surface area contributed by atoms with E-state index in [1.807, 2.05) is 0 Å². The van der Waals surface area contributed by atoms with E-state index in [-0.39, 0.29) is 5.75 Å². The molecule has 10 heteroatoms. The Labute approximate surface area is 178 Å². The summed E-state index contributed by atoms with van der Waals surface area (Å²) in [5.41, 5.74) is 3.51. The highest BCUT2D eigenvalue weighted by Crippen LogP contribution is 2.24. The summed E-state index contributed by atoms with van der Waals surface area (Å²) < 4.78 is 15.8. The number of nitrogens with zero attached hydrogens (tertiary/aromatic N) is 1. The predicted octanol–water partition coefficient (Wildman–Crippen LogP) is -0.362. The fourth-order valence-electron chi connectivity index (χ4n) is 2.90. The van der Waals surface area contributed by atoms with E-state index >= 15 is 0 Å². The van der Waals surface area contributed by atoms with Gasteiger partial charge in [0.05, 0.1) is 19.9 Å². The van der Waals surface area contributed by atoms with Crippen LogP contribution in [0, 0.1) is 0 Å². The number of aliphatic hydroxyl groups excluding tert-OH is 4. The second kappa shape index (κ2) is 10.3. The molecule has 0 spiro atoms. The first-order valence-electron chi connectivity index (χ1n) is 9.47. The van der Waals surface area contributed by atoms with E-state index in [9.17, 15) is 25.2 Å². The van der Waals surface area contributed by atoms with Gasteiger partial charge in [0.25, 0.3) is 5.91 Å². The van der Waals surface area contributed by atoms with E-state index in [0.29, 0.717) is 11.3 Å². The summed E-state index contributed by atoms with van der Waals surface area (Å²) in [6, 6.07) is 13.1. The number of nitrogens with one attached hydrogen (secondary N) is 1. The van der Waals surface area contributed by atoms with Gasteiger partial charge >= 0.3 is 0 Å². The van der Waals surface area contributed by atoms with Crippen molar-refractivity contribution in [3.8, 4) is 11.5 Å². The van der Waals surface area contributed by atoms with Crippen LogP contribution in [0.3, 0.4) is 0 Å². The molecule has 1 heterocycles. The number of hydrazone groups is 1. The molecule has 0 aromatic heterocycles. The second-order valence-corrected chi connectivity index (χ2v) is 6.81. The molecule has 0 bridgehead atoms. The van der Waals surface area contributed by atoms with Gasteiger partial charge in [0.1, 0.15) is 35.9 Å². The number of hydrogen-bond acceptors (Lipinski definition) is 9. The molecule has 0 unspecified atom stereocenters.